The molecule has 0 saturated carbocycles. The highest BCUT2D eigenvalue weighted by atomic mass is 16.6. The standard InChI is InChI=1S/C15H10N2O5/c1-22-11-5-6-12-13(8-11)15(19)16(14(12)18)9-3-2-4-10(7-9)17(20)21/h2-8H,1H3. The molecule has 3 rings (SSSR count). The quantitative estimate of drug-likeness (QED) is 0.493. The summed E-state index contributed by atoms with van der Waals surface area (Å²) in [5.74, 6) is -0.580. The van der Waals surface area contributed by atoms with Crippen LogP contribution in [0.15, 0.2) is 42.5 Å². The summed E-state index contributed by atoms with van der Waals surface area (Å²) in [6.45, 7) is 0. The minimum Gasteiger partial charge on any atom is -0.497 e. The summed E-state index contributed by atoms with van der Waals surface area (Å²) in [7, 11) is 1.46. The van der Waals surface area contributed by atoms with Gasteiger partial charge in [-0.05, 0) is 24.3 Å². The number of methoxy groups -OCH3 is 1. The molecule has 0 radical (unpaired) electrons. The molecule has 22 heavy (non-hydrogen) atoms. The number of amides is 2. The average Bonchev–Trinajstić information content (AvgIpc) is 2.78. The highest BCUT2D eigenvalue weighted by Crippen LogP contribution is 2.32. The van der Waals surface area contributed by atoms with E-state index in [9.17, 15) is 19.7 Å². The van der Waals surface area contributed by atoms with Crippen LogP contribution < -0.4 is 9.64 Å². The van der Waals surface area contributed by atoms with E-state index in [0.717, 1.165) is 4.90 Å². The molecule has 0 saturated heterocycles. The predicted octanol–water partition coefficient (Wildman–Crippen LogP) is 2.40. The molecule has 1 aliphatic rings. The van der Waals surface area contributed by atoms with Crippen molar-refractivity contribution < 1.29 is 19.2 Å². The molecule has 7 nitrogen and oxygen atoms in total. The zero-order chi connectivity index (χ0) is 15.9. The van der Waals surface area contributed by atoms with E-state index in [0.29, 0.717) is 5.75 Å². The molecule has 7 heteroatoms. The Morgan fingerprint density at radius 1 is 1.05 bits per heavy atom. The third-order valence-corrected chi connectivity index (χ3v) is 3.39. The zero-order valence-corrected chi connectivity index (χ0v) is 11.5. The summed E-state index contributed by atoms with van der Waals surface area (Å²) in [4.78, 5) is 36.0. The normalized spacial score (nSPS) is 13.2. The van der Waals surface area contributed by atoms with Crippen LogP contribution in [-0.4, -0.2) is 23.8 Å². The van der Waals surface area contributed by atoms with Gasteiger partial charge in [0.2, 0.25) is 0 Å². The van der Waals surface area contributed by atoms with Crippen molar-refractivity contribution in [2.24, 2.45) is 0 Å². The molecular formula is C15H10N2O5. The number of anilines is 1. The highest BCUT2D eigenvalue weighted by molar-refractivity contribution is 6.34. The van der Waals surface area contributed by atoms with Crippen molar-refractivity contribution in [3.8, 4) is 5.75 Å². The molecule has 0 unspecified atom stereocenters. The number of rotatable bonds is 3. The molecule has 2 aromatic carbocycles. The molecule has 1 aliphatic heterocycles. The van der Waals surface area contributed by atoms with Crippen molar-refractivity contribution in [3.63, 3.8) is 0 Å². The third-order valence-electron chi connectivity index (χ3n) is 3.39. The number of carbonyl (C=O) groups is 2. The minimum atomic E-state index is -0.579. The number of carbonyl (C=O) groups excluding carboxylic acids is 2. The fourth-order valence-electron chi connectivity index (χ4n) is 2.33. The van der Waals surface area contributed by atoms with Crippen molar-refractivity contribution >= 4 is 23.2 Å². The molecule has 0 aliphatic carbocycles. The summed E-state index contributed by atoms with van der Waals surface area (Å²) in [5, 5.41) is 10.8. The van der Waals surface area contributed by atoms with Gasteiger partial charge in [-0.3, -0.25) is 19.7 Å². The second kappa shape index (κ2) is 4.96. The van der Waals surface area contributed by atoms with E-state index in [1.807, 2.05) is 0 Å². The number of fused-ring (bicyclic) bond motifs is 1. The fraction of sp³-hybridized carbons (Fsp3) is 0.0667. The molecule has 0 spiro atoms. The second-order valence-electron chi connectivity index (χ2n) is 4.63. The van der Waals surface area contributed by atoms with E-state index in [1.54, 1.807) is 6.07 Å². The van der Waals surface area contributed by atoms with Crippen LogP contribution in [0, 0.1) is 10.1 Å². The van der Waals surface area contributed by atoms with E-state index in [4.69, 9.17) is 4.74 Å². The first-order valence-electron chi connectivity index (χ1n) is 6.34. The lowest BCUT2D eigenvalue weighted by atomic mass is 10.1. The van der Waals surface area contributed by atoms with E-state index in [1.165, 1.54) is 43.5 Å². The molecule has 110 valence electrons. The summed E-state index contributed by atoms with van der Waals surface area (Å²) < 4.78 is 5.04. The minimum absolute atomic E-state index is 0.166. The van der Waals surface area contributed by atoms with Crippen molar-refractivity contribution in [1.29, 1.82) is 0 Å². The summed E-state index contributed by atoms with van der Waals surface area (Å²) >= 11 is 0. The number of imide groups is 1. The summed E-state index contributed by atoms with van der Waals surface area (Å²) in [5.41, 5.74) is 0.444. The molecular weight excluding hydrogens is 288 g/mol. The van der Waals surface area contributed by atoms with Gasteiger partial charge in [0.05, 0.1) is 28.8 Å². The van der Waals surface area contributed by atoms with Crippen molar-refractivity contribution in [1.82, 2.24) is 0 Å². The van der Waals surface area contributed by atoms with E-state index < -0.39 is 16.7 Å². The first-order valence-corrected chi connectivity index (χ1v) is 6.34. The Kier molecular flexibility index (Phi) is 3.10. The van der Waals surface area contributed by atoms with Gasteiger partial charge in [-0.25, -0.2) is 4.90 Å². The number of hydrogen-bond donors (Lipinski definition) is 0. The van der Waals surface area contributed by atoms with Crippen LogP contribution in [-0.2, 0) is 0 Å². The lowest BCUT2D eigenvalue weighted by Crippen LogP contribution is -2.29. The smallest absolute Gasteiger partial charge is 0.271 e. The fourth-order valence-corrected chi connectivity index (χ4v) is 2.33. The Morgan fingerprint density at radius 3 is 2.45 bits per heavy atom. The van der Waals surface area contributed by atoms with Gasteiger partial charge in [-0.1, -0.05) is 6.07 Å². The number of nitro groups is 1. The topological polar surface area (TPSA) is 89.8 Å². The Hall–Kier alpha value is -3.22. The first kappa shape index (κ1) is 13.7. The summed E-state index contributed by atoms with van der Waals surface area (Å²) in [6, 6.07) is 9.97. The largest absolute Gasteiger partial charge is 0.497 e. The van der Waals surface area contributed by atoms with Crippen LogP contribution in [0.1, 0.15) is 20.7 Å². The van der Waals surface area contributed by atoms with Gasteiger partial charge >= 0.3 is 0 Å². The second-order valence-corrected chi connectivity index (χ2v) is 4.63. The number of nitrogens with zero attached hydrogens (tertiary/aromatic N) is 2. The summed E-state index contributed by atoms with van der Waals surface area (Å²) in [6.07, 6.45) is 0. The van der Waals surface area contributed by atoms with Crippen LogP contribution in [0.25, 0.3) is 0 Å². The van der Waals surface area contributed by atoms with E-state index >= 15 is 0 Å². The van der Waals surface area contributed by atoms with Crippen LogP contribution in [0.4, 0.5) is 11.4 Å². The van der Waals surface area contributed by atoms with Gasteiger partial charge in [0.15, 0.2) is 0 Å². The van der Waals surface area contributed by atoms with Gasteiger partial charge in [0.25, 0.3) is 17.5 Å². The van der Waals surface area contributed by atoms with E-state index in [-0.39, 0.29) is 22.5 Å². The van der Waals surface area contributed by atoms with Crippen LogP contribution >= 0.6 is 0 Å². The van der Waals surface area contributed by atoms with E-state index in [2.05, 4.69) is 0 Å². The van der Waals surface area contributed by atoms with Crippen molar-refractivity contribution in [3.05, 3.63) is 63.7 Å². The molecule has 1 heterocycles. The van der Waals surface area contributed by atoms with Gasteiger partial charge in [0.1, 0.15) is 5.75 Å². The van der Waals surface area contributed by atoms with Gasteiger partial charge in [-0.15, -0.1) is 0 Å². The maximum Gasteiger partial charge on any atom is 0.271 e. The lowest BCUT2D eigenvalue weighted by molar-refractivity contribution is -0.384. The van der Waals surface area contributed by atoms with Crippen LogP contribution in [0.5, 0.6) is 5.75 Å². The molecule has 2 amide bonds. The van der Waals surface area contributed by atoms with Gasteiger partial charge in [-0.2, -0.15) is 0 Å². The zero-order valence-electron chi connectivity index (χ0n) is 11.5. The third kappa shape index (κ3) is 1.99. The lowest BCUT2D eigenvalue weighted by Gasteiger charge is -2.13. The Balaban J connectivity index is 2.07. The Labute approximate surface area is 124 Å². The monoisotopic (exact) mass is 298 g/mol. The van der Waals surface area contributed by atoms with Gasteiger partial charge in [0, 0.05) is 12.1 Å². The van der Waals surface area contributed by atoms with Gasteiger partial charge < -0.3 is 4.74 Å². The number of ether oxygens (including phenoxy) is 1. The number of hydrogen-bond acceptors (Lipinski definition) is 5. The first-order chi connectivity index (χ1) is 10.5. The Morgan fingerprint density at radius 2 is 1.77 bits per heavy atom. The SMILES string of the molecule is COc1ccc2c(c1)C(=O)N(c1cccc([N+](=O)[O-])c1)C2=O. The number of benzene rings is 2. The molecule has 0 atom stereocenters. The maximum atomic E-state index is 12.4. The average molecular weight is 298 g/mol. The van der Waals surface area contributed by atoms with Crippen molar-refractivity contribution in [2.45, 2.75) is 0 Å². The molecule has 2 aromatic rings. The maximum absolute atomic E-state index is 12.4. The molecule has 0 fully saturated rings. The molecule has 0 aromatic heterocycles. The van der Waals surface area contributed by atoms with Crippen LogP contribution in [0.3, 0.4) is 0 Å². The number of non-ortho nitro benzene ring substituents is 1. The number of nitro benzene ring substituents is 1. The highest BCUT2D eigenvalue weighted by Gasteiger charge is 2.37. The molecule has 0 bridgehead atoms. The molecule has 0 N–H and O–H groups in total. The van der Waals surface area contributed by atoms with Crippen molar-refractivity contribution in [2.75, 3.05) is 12.0 Å². The van der Waals surface area contributed by atoms with Crippen LogP contribution in [0.2, 0.25) is 0 Å². The Bertz CT molecular complexity index is 815. The predicted molar refractivity (Wildman–Crippen MR) is 77.2 cm³/mol.